The number of aromatic nitrogens is 1. The van der Waals surface area contributed by atoms with E-state index in [4.69, 9.17) is 10.3 Å². The van der Waals surface area contributed by atoms with Gasteiger partial charge in [0, 0.05) is 11.1 Å². The summed E-state index contributed by atoms with van der Waals surface area (Å²) in [5.41, 5.74) is 7.18. The normalized spacial score (nSPS) is 9.46. The van der Waals surface area contributed by atoms with Crippen LogP contribution in [0.4, 0.5) is 5.69 Å². The fourth-order valence-corrected chi connectivity index (χ4v) is 1.08. The first-order chi connectivity index (χ1) is 6.27. The number of nitrogens with zero attached hydrogens (tertiary/aromatic N) is 1. The average Bonchev–Trinajstić information content (AvgIpc) is 2.52. The summed E-state index contributed by atoms with van der Waals surface area (Å²) in [5.74, 6) is 0.812. The Morgan fingerprint density at radius 1 is 1.31 bits per heavy atom. The molecule has 2 rings (SSSR count). The van der Waals surface area contributed by atoms with Crippen molar-refractivity contribution in [3.05, 3.63) is 24.0 Å². The van der Waals surface area contributed by atoms with Crippen molar-refractivity contribution in [2.75, 3.05) is 5.73 Å². The van der Waals surface area contributed by atoms with E-state index >= 15 is 0 Å². The minimum Gasteiger partial charge on any atom is -0.399 e. The highest BCUT2D eigenvalue weighted by molar-refractivity contribution is 5.83. The highest BCUT2D eigenvalue weighted by Gasteiger charge is 2.02. The molecule has 0 spiro atoms. The largest absolute Gasteiger partial charge is 0.399 e. The Kier molecular flexibility index (Phi) is 2.90. The quantitative estimate of drug-likeness (QED) is 0.631. The molecule has 1 heterocycles. The third kappa shape index (κ3) is 1.80. The second-order valence-electron chi connectivity index (χ2n) is 2.52. The van der Waals surface area contributed by atoms with Crippen molar-refractivity contribution in [3.8, 4) is 0 Å². The van der Waals surface area contributed by atoms with Gasteiger partial charge in [0.2, 0.25) is 0 Å². The molecule has 3 nitrogen and oxygen atoms in total. The van der Waals surface area contributed by atoms with Gasteiger partial charge in [-0.1, -0.05) is 19.0 Å². The molecule has 13 heavy (non-hydrogen) atoms. The van der Waals surface area contributed by atoms with Gasteiger partial charge in [0.25, 0.3) is 0 Å². The lowest BCUT2D eigenvalue weighted by atomic mass is 10.2. The molecule has 0 saturated carbocycles. The number of anilines is 1. The van der Waals surface area contributed by atoms with Crippen molar-refractivity contribution in [2.45, 2.75) is 20.8 Å². The van der Waals surface area contributed by atoms with Crippen LogP contribution in [-0.4, -0.2) is 5.16 Å². The van der Waals surface area contributed by atoms with E-state index in [0.29, 0.717) is 0 Å². The van der Waals surface area contributed by atoms with Crippen LogP contribution < -0.4 is 5.73 Å². The van der Waals surface area contributed by atoms with Gasteiger partial charge in [-0.25, -0.2) is 0 Å². The van der Waals surface area contributed by atoms with E-state index in [2.05, 4.69) is 5.16 Å². The molecule has 0 radical (unpaired) electrons. The van der Waals surface area contributed by atoms with E-state index < -0.39 is 0 Å². The summed E-state index contributed by atoms with van der Waals surface area (Å²) in [6.07, 6.45) is 0. The molecule has 0 amide bonds. The number of rotatable bonds is 0. The highest BCUT2D eigenvalue weighted by atomic mass is 16.5. The van der Waals surface area contributed by atoms with Crippen molar-refractivity contribution in [1.82, 2.24) is 5.16 Å². The summed E-state index contributed by atoms with van der Waals surface area (Å²) >= 11 is 0. The van der Waals surface area contributed by atoms with Crippen LogP contribution in [0.3, 0.4) is 0 Å². The average molecular weight is 178 g/mol. The molecule has 0 atom stereocenters. The standard InChI is InChI=1S/C8H8N2O.C2H6/c1-5-7-4-6(9)2-3-8(7)10-11-5;1-2/h2-4H,9H2,1H3;1-2H3. The summed E-state index contributed by atoms with van der Waals surface area (Å²) in [4.78, 5) is 0. The van der Waals surface area contributed by atoms with Crippen LogP contribution in [-0.2, 0) is 0 Å². The number of aryl methyl sites for hydroxylation is 1. The lowest BCUT2D eigenvalue weighted by Crippen LogP contribution is -1.82. The monoisotopic (exact) mass is 178 g/mol. The van der Waals surface area contributed by atoms with Crippen LogP contribution in [0.15, 0.2) is 22.7 Å². The number of nitrogens with two attached hydrogens (primary N) is 1. The molecule has 2 N–H and O–H groups in total. The number of hydrogen-bond donors (Lipinski definition) is 1. The molecule has 0 aliphatic carbocycles. The van der Waals surface area contributed by atoms with Gasteiger partial charge in [0.05, 0.1) is 0 Å². The SMILES string of the molecule is CC.Cc1onc2ccc(N)cc12. The molecule has 0 aliphatic heterocycles. The zero-order valence-electron chi connectivity index (χ0n) is 8.16. The fraction of sp³-hybridized carbons (Fsp3) is 0.300. The number of nitrogen functional groups attached to an aromatic ring is 1. The molecule has 0 fully saturated rings. The number of benzene rings is 1. The molecule has 0 saturated heterocycles. The molecule has 0 aliphatic rings. The maximum Gasteiger partial charge on any atom is 0.141 e. The van der Waals surface area contributed by atoms with Gasteiger partial charge in [-0.3, -0.25) is 0 Å². The molecule has 1 aromatic carbocycles. The van der Waals surface area contributed by atoms with Crippen LogP contribution in [0.5, 0.6) is 0 Å². The maximum absolute atomic E-state index is 5.58. The molecular formula is C10H14N2O. The second-order valence-corrected chi connectivity index (χ2v) is 2.52. The van der Waals surface area contributed by atoms with Crippen molar-refractivity contribution >= 4 is 16.6 Å². The van der Waals surface area contributed by atoms with Gasteiger partial charge >= 0.3 is 0 Å². The Labute approximate surface area is 77.5 Å². The van der Waals surface area contributed by atoms with E-state index in [1.807, 2.05) is 39.0 Å². The smallest absolute Gasteiger partial charge is 0.141 e. The van der Waals surface area contributed by atoms with E-state index in [-0.39, 0.29) is 0 Å². The number of hydrogen-bond acceptors (Lipinski definition) is 3. The Balaban J connectivity index is 0.000000396. The molecule has 3 heteroatoms. The van der Waals surface area contributed by atoms with Crippen LogP contribution >= 0.6 is 0 Å². The zero-order chi connectivity index (χ0) is 9.84. The maximum atomic E-state index is 5.58. The third-order valence-electron chi connectivity index (χ3n) is 1.68. The summed E-state index contributed by atoms with van der Waals surface area (Å²) in [6, 6.07) is 5.52. The van der Waals surface area contributed by atoms with E-state index in [1.54, 1.807) is 0 Å². The van der Waals surface area contributed by atoms with Crippen LogP contribution in [0.1, 0.15) is 19.6 Å². The van der Waals surface area contributed by atoms with Crippen LogP contribution in [0.2, 0.25) is 0 Å². The molecule has 1 aromatic heterocycles. The summed E-state index contributed by atoms with van der Waals surface area (Å²) in [7, 11) is 0. The molecular weight excluding hydrogens is 164 g/mol. The minimum absolute atomic E-state index is 0.740. The van der Waals surface area contributed by atoms with Gasteiger partial charge < -0.3 is 10.3 Å². The molecule has 2 aromatic rings. The van der Waals surface area contributed by atoms with Crippen molar-refractivity contribution in [3.63, 3.8) is 0 Å². The van der Waals surface area contributed by atoms with Gasteiger partial charge in [-0.05, 0) is 25.1 Å². The Hall–Kier alpha value is -1.51. The fourth-order valence-electron chi connectivity index (χ4n) is 1.08. The Bertz CT molecular complexity index is 393. The molecule has 0 unspecified atom stereocenters. The topological polar surface area (TPSA) is 52.0 Å². The first-order valence-electron chi connectivity index (χ1n) is 4.39. The van der Waals surface area contributed by atoms with Crippen LogP contribution in [0.25, 0.3) is 10.9 Å². The van der Waals surface area contributed by atoms with Crippen molar-refractivity contribution < 1.29 is 4.52 Å². The summed E-state index contributed by atoms with van der Waals surface area (Å²) in [5, 5.41) is 4.82. The van der Waals surface area contributed by atoms with Gasteiger partial charge in [-0.15, -0.1) is 0 Å². The lowest BCUT2D eigenvalue weighted by molar-refractivity contribution is 0.405. The van der Waals surface area contributed by atoms with Crippen LogP contribution in [0, 0.1) is 6.92 Å². The first kappa shape index (κ1) is 9.58. The van der Waals surface area contributed by atoms with E-state index in [0.717, 1.165) is 22.4 Å². The third-order valence-corrected chi connectivity index (χ3v) is 1.68. The lowest BCUT2D eigenvalue weighted by Gasteiger charge is -1.89. The number of fused-ring (bicyclic) bond motifs is 1. The van der Waals surface area contributed by atoms with Gasteiger partial charge in [-0.2, -0.15) is 0 Å². The Morgan fingerprint density at radius 3 is 2.69 bits per heavy atom. The van der Waals surface area contributed by atoms with Crippen molar-refractivity contribution in [2.24, 2.45) is 0 Å². The predicted octanol–water partition coefficient (Wildman–Crippen LogP) is 2.74. The predicted molar refractivity (Wildman–Crippen MR) is 54.5 cm³/mol. The molecule has 70 valence electrons. The summed E-state index contributed by atoms with van der Waals surface area (Å²) in [6.45, 7) is 5.87. The van der Waals surface area contributed by atoms with Gasteiger partial charge in [0.15, 0.2) is 0 Å². The first-order valence-corrected chi connectivity index (χ1v) is 4.39. The highest BCUT2D eigenvalue weighted by Crippen LogP contribution is 2.19. The molecule has 0 bridgehead atoms. The second kappa shape index (κ2) is 3.94. The van der Waals surface area contributed by atoms with E-state index in [9.17, 15) is 0 Å². The Morgan fingerprint density at radius 2 is 2.00 bits per heavy atom. The summed E-state index contributed by atoms with van der Waals surface area (Å²) < 4.78 is 4.96. The van der Waals surface area contributed by atoms with E-state index in [1.165, 1.54) is 0 Å². The van der Waals surface area contributed by atoms with Crippen molar-refractivity contribution in [1.29, 1.82) is 0 Å². The minimum atomic E-state index is 0.740. The zero-order valence-corrected chi connectivity index (χ0v) is 8.16. The van der Waals surface area contributed by atoms with Gasteiger partial charge in [0.1, 0.15) is 11.3 Å².